The lowest BCUT2D eigenvalue weighted by Crippen LogP contribution is -2.04. The molecule has 3 heteroatoms. The maximum Gasteiger partial charge on any atom is 0.141 e. The summed E-state index contributed by atoms with van der Waals surface area (Å²) < 4.78 is 3.10. The Hall–Kier alpha value is -1.09. The number of aromatic nitrogens is 2. The first kappa shape index (κ1) is 10.1. The van der Waals surface area contributed by atoms with Crippen molar-refractivity contribution in [2.75, 3.05) is 0 Å². The number of fused-ring (bicyclic) bond motifs is 3. The van der Waals surface area contributed by atoms with E-state index >= 15 is 0 Å². The average molecular weight is 277 g/mol. The number of halogens is 1. The van der Waals surface area contributed by atoms with Crippen molar-refractivity contribution in [3.8, 4) is 0 Å². The van der Waals surface area contributed by atoms with Crippen molar-refractivity contribution in [3.05, 3.63) is 34.6 Å². The molecule has 3 rings (SSSR count). The van der Waals surface area contributed by atoms with Crippen molar-refractivity contribution in [1.29, 1.82) is 0 Å². The number of allylic oxidation sites excluding steroid dienone is 1. The maximum absolute atomic E-state index is 4.55. The fourth-order valence-corrected chi connectivity index (χ4v) is 2.91. The summed E-state index contributed by atoms with van der Waals surface area (Å²) >= 11 is 3.43. The van der Waals surface area contributed by atoms with Crippen molar-refractivity contribution in [1.82, 2.24) is 9.55 Å². The highest BCUT2D eigenvalue weighted by atomic mass is 79.9. The quantitative estimate of drug-likeness (QED) is 0.671. The summed E-state index contributed by atoms with van der Waals surface area (Å²) in [5, 5.41) is 1.24. The summed E-state index contributed by atoms with van der Waals surface area (Å²) in [5.74, 6) is 0. The summed E-state index contributed by atoms with van der Waals surface area (Å²) in [6.45, 7) is 4.19. The third kappa shape index (κ3) is 1.27. The Morgan fingerprint density at radius 2 is 2.19 bits per heavy atom. The molecule has 0 atom stereocenters. The van der Waals surface area contributed by atoms with Crippen LogP contribution in [0.25, 0.3) is 16.6 Å². The minimum atomic E-state index is 0.892. The van der Waals surface area contributed by atoms with Crippen LogP contribution in [0.1, 0.15) is 24.1 Å². The van der Waals surface area contributed by atoms with Gasteiger partial charge in [0.2, 0.25) is 0 Å². The Bertz CT molecular complexity index is 595. The van der Waals surface area contributed by atoms with Gasteiger partial charge in [0.15, 0.2) is 0 Å². The highest BCUT2D eigenvalue weighted by molar-refractivity contribution is 9.10. The van der Waals surface area contributed by atoms with Crippen molar-refractivity contribution in [2.45, 2.75) is 19.3 Å². The van der Waals surface area contributed by atoms with Gasteiger partial charge in [0.05, 0.1) is 0 Å². The molecule has 2 nitrogen and oxygen atoms in total. The minimum Gasteiger partial charge on any atom is -0.332 e. The first-order valence-electron chi connectivity index (χ1n) is 5.50. The second kappa shape index (κ2) is 3.45. The molecule has 0 fully saturated rings. The Balaban J connectivity index is 2.44. The molecular weight excluding hydrogens is 264 g/mol. The van der Waals surface area contributed by atoms with Crippen LogP contribution in [0.15, 0.2) is 23.3 Å². The van der Waals surface area contributed by atoms with Crippen LogP contribution in [-0.2, 0) is 13.5 Å². The average Bonchev–Trinajstić information content (AvgIpc) is 2.55. The fraction of sp³-hybridized carbons (Fsp3) is 0.308. The van der Waals surface area contributed by atoms with Gasteiger partial charge in [-0.25, -0.2) is 4.98 Å². The number of nitrogens with zero attached hydrogens (tertiary/aromatic N) is 2. The number of pyridine rings is 1. The van der Waals surface area contributed by atoms with Crippen molar-refractivity contribution in [2.24, 2.45) is 7.05 Å². The minimum absolute atomic E-state index is 0.892. The Morgan fingerprint density at radius 3 is 3.00 bits per heavy atom. The molecular formula is C13H13BrN2. The molecule has 1 aliphatic rings. The predicted molar refractivity (Wildman–Crippen MR) is 70.4 cm³/mol. The molecule has 0 aromatic carbocycles. The van der Waals surface area contributed by atoms with Gasteiger partial charge in [-0.2, -0.15) is 0 Å². The van der Waals surface area contributed by atoms with Crippen molar-refractivity contribution >= 4 is 32.5 Å². The molecule has 0 saturated heterocycles. The molecule has 82 valence electrons. The van der Waals surface area contributed by atoms with Gasteiger partial charge < -0.3 is 4.57 Å². The lowest BCUT2D eigenvalue weighted by Gasteiger charge is -2.15. The zero-order valence-electron chi connectivity index (χ0n) is 9.26. The SMILES string of the molecule is C=C1CCCc2c1c1ccc(Br)nc1n2C. The highest BCUT2D eigenvalue weighted by Crippen LogP contribution is 2.36. The van der Waals surface area contributed by atoms with E-state index in [1.807, 2.05) is 6.07 Å². The first-order chi connectivity index (χ1) is 7.68. The maximum atomic E-state index is 4.55. The molecule has 0 N–H and O–H groups in total. The smallest absolute Gasteiger partial charge is 0.141 e. The number of hydrogen-bond acceptors (Lipinski definition) is 1. The Morgan fingerprint density at radius 1 is 1.38 bits per heavy atom. The second-order valence-electron chi connectivity index (χ2n) is 4.34. The third-order valence-corrected chi connectivity index (χ3v) is 3.81. The summed E-state index contributed by atoms with van der Waals surface area (Å²) in [7, 11) is 2.10. The molecule has 0 radical (unpaired) electrons. The van der Waals surface area contributed by atoms with Gasteiger partial charge in [0, 0.05) is 23.7 Å². The second-order valence-corrected chi connectivity index (χ2v) is 5.16. The molecule has 16 heavy (non-hydrogen) atoms. The molecule has 0 aliphatic heterocycles. The zero-order chi connectivity index (χ0) is 11.3. The van der Waals surface area contributed by atoms with Crippen LogP contribution in [0, 0.1) is 0 Å². The van der Waals surface area contributed by atoms with E-state index in [9.17, 15) is 0 Å². The lowest BCUT2D eigenvalue weighted by molar-refractivity contribution is 0.747. The van der Waals surface area contributed by atoms with Crippen LogP contribution in [0.4, 0.5) is 0 Å². The zero-order valence-corrected chi connectivity index (χ0v) is 10.8. The molecule has 2 aromatic rings. The summed E-state index contributed by atoms with van der Waals surface area (Å²) in [6, 6.07) is 4.15. The van der Waals surface area contributed by atoms with Gasteiger partial charge in [0.1, 0.15) is 10.3 Å². The summed E-state index contributed by atoms with van der Waals surface area (Å²) in [6.07, 6.45) is 3.46. The largest absolute Gasteiger partial charge is 0.332 e. The van der Waals surface area contributed by atoms with Gasteiger partial charge in [-0.15, -0.1) is 0 Å². The molecule has 0 spiro atoms. The number of hydrogen-bond donors (Lipinski definition) is 0. The van der Waals surface area contributed by atoms with Gasteiger partial charge >= 0.3 is 0 Å². The van der Waals surface area contributed by atoms with Gasteiger partial charge in [0.25, 0.3) is 0 Å². The van der Waals surface area contributed by atoms with Crippen LogP contribution in [-0.4, -0.2) is 9.55 Å². The molecule has 0 amide bonds. The molecule has 0 bridgehead atoms. The molecule has 1 aliphatic carbocycles. The first-order valence-corrected chi connectivity index (χ1v) is 6.29. The van der Waals surface area contributed by atoms with Gasteiger partial charge in [-0.1, -0.05) is 6.58 Å². The van der Waals surface area contributed by atoms with E-state index in [0.29, 0.717) is 0 Å². The topological polar surface area (TPSA) is 17.8 Å². The lowest BCUT2D eigenvalue weighted by atomic mass is 9.92. The highest BCUT2D eigenvalue weighted by Gasteiger charge is 2.21. The number of rotatable bonds is 0. The van der Waals surface area contributed by atoms with E-state index < -0.39 is 0 Å². The van der Waals surface area contributed by atoms with Crippen molar-refractivity contribution in [3.63, 3.8) is 0 Å². The molecule has 0 saturated carbocycles. The molecule has 0 unspecified atom stereocenters. The monoisotopic (exact) mass is 276 g/mol. The normalized spacial score (nSPS) is 15.5. The third-order valence-electron chi connectivity index (χ3n) is 3.37. The van der Waals surface area contributed by atoms with Crippen LogP contribution in [0.5, 0.6) is 0 Å². The van der Waals surface area contributed by atoms with E-state index in [-0.39, 0.29) is 0 Å². The van der Waals surface area contributed by atoms with Gasteiger partial charge in [-0.3, -0.25) is 0 Å². The van der Waals surface area contributed by atoms with Crippen LogP contribution in [0.3, 0.4) is 0 Å². The predicted octanol–water partition coefficient (Wildman–Crippen LogP) is 3.69. The van der Waals surface area contributed by atoms with Crippen LogP contribution >= 0.6 is 15.9 Å². The van der Waals surface area contributed by atoms with E-state index in [2.05, 4.69) is 45.2 Å². The van der Waals surface area contributed by atoms with E-state index in [0.717, 1.165) is 23.1 Å². The molecule has 2 heterocycles. The Labute approximate surface area is 103 Å². The van der Waals surface area contributed by atoms with Crippen LogP contribution in [0.2, 0.25) is 0 Å². The van der Waals surface area contributed by atoms with E-state index in [1.54, 1.807) is 0 Å². The standard InChI is InChI=1S/C13H13BrN2/c1-8-4-3-5-10-12(8)9-6-7-11(14)15-13(9)16(10)2/h6-7H,1,3-5H2,2H3. The Kier molecular flexibility index (Phi) is 2.18. The summed E-state index contributed by atoms with van der Waals surface area (Å²) in [4.78, 5) is 4.55. The van der Waals surface area contributed by atoms with Crippen molar-refractivity contribution < 1.29 is 0 Å². The van der Waals surface area contributed by atoms with E-state index in [4.69, 9.17) is 0 Å². The fourth-order valence-electron chi connectivity index (χ4n) is 2.61. The number of aryl methyl sites for hydroxylation is 1. The summed E-state index contributed by atoms with van der Waals surface area (Å²) in [5.41, 5.74) is 5.04. The van der Waals surface area contributed by atoms with E-state index in [1.165, 1.54) is 28.6 Å². The molecule has 2 aromatic heterocycles. The van der Waals surface area contributed by atoms with Crippen LogP contribution < -0.4 is 0 Å². The van der Waals surface area contributed by atoms with Gasteiger partial charge in [-0.05, 0) is 52.9 Å².